The van der Waals surface area contributed by atoms with Crippen LogP contribution in [0.2, 0.25) is 0 Å². The van der Waals surface area contributed by atoms with Crippen molar-refractivity contribution in [2.75, 3.05) is 0 Å². The predicted octanol–water partition coefficient (Wildman–Crippen LogP) is 3.93. The lowest BCUT2D eigenvalue weighted by Crippen LogP contribution is -2.34. The van der Waals surface area contributed by atoms with Gasteiger partial charge in [-0.1, -0.05) is 46.3 Å². The van der Waals surface area contributed by atoms with E-state index < -0.39 is 6.10 Å². The molecule has 0 spiro atoms. The molecule has 0 fully saturated rings. The first-order chi connectivity index (χ1) is 7.80. The van der Waals surface area contributed by atoms with Gasteiger partial charge in [-0.15, -0.1) is 0 Å². The first-order valence-electron chi connectivity index (χ1n) is 6.76. The zero-order valence-corrected chi connectivity index (χ0v) is 12.4. The summed E-state index contributed by atoms with van der Waals surface area (Å²) in [6.07, 6.45) is 6.73. The highest BCUT2D eigenvalue weighted by atomic mass is 16.5. The summed E-state index contributed by atoms with van der Waals surface area (Å²) < 4.78 is 6.03. The van der Waals surface area contributed by atoms with E-state index in [-0.39, 0.29) is 17.6 Å². The normalized spacial score (nSPS) is 18.3. The summed E-state index contributed by atoms with van der Waals surface area (Å²) in [5.41, 5.74) is 0.175. The molecule has 0 amide bonds. The number of allylic oxidation sites excluding steroid dienone is 1. The summed E-state index contributed by atoms with van der Waals surface area (Å²) in [6.45, 7) is 12.5. The average Bonchev–Trinajstić information content (AvgIpc) is 2.15. The third kappa shape index (κ3) is 8.39. The predicted molar refractivity (Wildman–Crippen MR) is 74.1 cm³/mol. The summed E-state index contributed by atoms with van der Waals surface area (Å²) in [5.74, 6) is 0. The molecule has 102 valence electrons. The van der Waals surface area contributed by atoms with Crippen LogP contribution in [0.4, 0.5) is 0 Å². The van der Waals surface area contributed by atoms with Crippen molar-refractivity contribution in [2.45, 2.75) is 79.1 Å². The van der Waals surface area contributed by atoms with E-state index >= 15 is 0 Å². The molecule has 0 rings (SSSR count). The molecule has 0 aliphatic heterocycles. The maximum Gasteiger partial charge on any atom is 0.0844 e. The molecular weight excluding hydrogens is 212 g/mol. The zero-order chi connectivity index (χ0) is 13.5. The molecule has 0 aromatic rings. The Hall–Kier alpha value is -0.340. The summed E-state index contributed by atoms with van der Waals surface area (Å²) in [7, 11) is 0. The molecule has 3 unspecified atom stereocenters. The Bertz CT molecular complexity index is 213. The fourth-order valence-electron chi connectivity index (χ4n) is 1.87. The van der Waals surface area contributed by atoms with Crippen LogP contribution in [0, 0.1) is 5.41 Å². The first kappa shape index (κ1) is 16.7. The molecule has 2 nitrogen and oxygen atoms in total. The fraction of sp³-hybridized carbons (Fsp3) is 0.867. The maximum atomic E-state index is 9.81. The lowest BCUT2D eigenvalue weighted by Gasteiger charge is -2.30. The van der Waals surface area contributed by atoms with E-state index in [4.69, 9.17) is 4.74 Å². The van der Waals surface area contributed by atoms with Crippen molar-refractivity contribution in [3.8, 4) is 0 Å². The van der Waals surface area contributed by atoms with Gasteiger partial charge in [-0.05, 0) is 32.1 Å². The number of aliphatic hydroxyl groups is 1. The molecule has 17 heavy (non-hydrogen) atoms. The second-order valence-corrected chi connectivity index (χ2v) is 6.03. The van der Waals surface area contributed by atoms with Gasteiger partial charge in [-0.2, -0.15) is 0 Å². The van der Waals surface area contributed by atoms with Gasteiger partial charge < -0.3 is 9.84 Å². The van der Waals surface area contributed by atoms with Crippen LogP contribution in [-0.2, 0) is 4.74 Å². The van der Waals surface area contributed by atoms with Gasteiger partial charge in [-0.25, -0.2) is 0 Å². The third-order valence-electron chi connectivity index (χ3n) is 2.68. The number of rotatable bonds is 7. The van der Waals surface area contributed by atoms with Gasteiger partial charge in [-0.3, -0.25) is 0 Å². The van der Waals surface area contributed by atoms with E-state index in [2.05, 4.69) is 33.8 Å². The Morgan fingerprint density at radius 3 is 2.24 bits per heavy atom. The van der Waals surface area contributed by atoms with Crippen LogP contribution < -0.4 is 0 Å². The lowest BCUT2D eigenvalue weighted by atomic mass is 9.87. The Labute approximate surface area is 107 Å². The topological polar surface area (TPSA) is 29.5 Å². The van der Waals surface area contributed by atoms with Crippen LogP contribution in [0.3, 0.4) is 0 Å². The van der Waals surface area contributed by atoms with Gasteiger partial charge in [0.2, 0.25) is 0 Å². The molecule has 0 aliphatic carbocycles. The van der Waals surface area contributed by atoms with Crippen LogP contribution in [0.15, 0.2) is 12.2 Å². The molecule has 0 aromatic carbocycles. The largest absolute Gasteiger partial charge is 0.391 e. The summed E-state index contributed by atoms with van der Waals surface area (Å²) in [5, 5.41) is 9.81. The molecule has 0 heterocycles. The van der Waals surface area contributed by atoms with Crippen LogP contribution in [-0.4, -0.2) is 23.4 Å². The molecule has 0 saturated carbocycles. The SMILES string of the molecule is C/C=C/C(CCC)OC(CC(C)(C)C)C(C)O. The van der Waals surface area contributed by atoms with Gasteiger partial charge in [0, 0.05) is 0 Å². The number of ether oxygens (including phenoxy) is 1. The van der Waals surface area contributed by atoms with Gasteiger partial charge in [0.25, 0.3) is 0 Å². The van der Waals surface area contributed by atoms with Crippen LogP contribution in [0.25, 0.3) is 0 Å². The average molecular weight is 242 g/mol. The van der Waals surface area contributed by atoms with Crippen LogP contribution in [0.5, 0.6) is 0 Å². The van der Waals surface area contributed by atoms with Crippen molar-refractivity contribution >= 4 is 0 Å². The van der Waals surface area contributed by atoms with E-state index in [1.165, 1.54) is 0 Å². The van der Waals surface area contributed by atoms with E-state index in [1.807, 2.05) is 19.9 Å². The van der Waals surface area contributed by atoms with Crippen molar-refractivity contribution in [2.24, 2.45) is 5.41 Å². The third-order valence-corrected chi connectivity index (χ3v) is 2.68. The monoisotopic (exact) mass is 242 g/mol. The van der Waals surface area contributed by atoms with Gasteiger partial charge in [0.15, 0.2) is 0 Å². The standard InChI is InChI=1S/C15H30O2/c1-7-9-13(10-8-2)17-14(12(3)16)11-15(4,5)6/h7,9,12-14,16H,8,10-11H2,1-6H3/b9-7+. The summed E-state index contributed by atoms with van der Waals surface area (Å²) in [4.78, 5) is 0. The summed E-state index contributed by atoms with van der Waals surface area (Å²) >= 11 is 0. The molecule has 0 bridgehead atoms. The minimum absolute atomic E-state index is 0.0808. The highest BCUT2D eigenvalue weighted by molar-refractivity contribution is 4.88. The molecular formula is C15H30O2. The minimum Gasteiger partial charge on any atom is -0.391 e. The molecule has 0 aliphatic rings. The van der Waals surface area contributed by atoms with E-state index in [0.717, 1.165) is 19.3 Å². The van der Waals surface area contributed by atoms with Crippen molar-refractivity contribution < 1.29 is 9.84 Å². The highest BCUT2D eigenvalue weighted by Gasteiger charge is 2.25. The van der Waals surface area contributed by atoms with E-state index in [0.29, 0.717) is 0 Å². The smallest absolute Gasteiger partial charge is 0.0844 e. The zero-order valence-electron chi connectivity index (χ0n) is 12.4. The molecule has 0 saturated heterocycles. The Balaban J connectivity index is 4.49. The Kier molecular flexibility index (Phi) is 7.73. The van der Waals surface area contributed by atoms with E-state index in [1.54, 1.807) is 0 Å². The molecule has 0 radical (unpaired) electrons. The number of hydrogen-bond donors (Lipinski definition) is 1. The quantitative estimate of drug-likeness (QED) is 0.685. The fourth-order valence-corrected chi connectivity index (χ4v) is 1.87. The maximum absolute atomic E-state index is 9.81. The van der Waals surface area contributed by atoms with Crippen LogP contribution >= 0.6 is 0 Å². The van der Waals surface area contributed by atoms with Crippen molar-refractivity contribution in [3.05, 3.63) is 12.2 Å². The van der Waals surface area contributed by atoms with Crippen molar-refractivity contribution in [3.63, 3.8) is 0 Å². The van der Waals surface area contributed by atoms with Crippen molar-refractivity contribution in [1.29, 1.82) is 0 Å². The molecule has 2 heteroatoms. The second-order valence-electron chi connectivity index (χ2n) is 6.03. The van der Waals surface area contributed by atoms with Crippen molar-refractivity contribution in [1.82, 2.24) is 0 Å². The van der Waals surface area contributed by atoms with E-state index in [9.17, 15) is 5.11 Å². The van der Waals surface area contributed by atoms with Crippen LogP contribution in [0.1, 0.15) is 60.8 Å². The molecule has 3 atom stereocenters. The highest BCUT2D eigenvalue weighted by Crippen LogP contribution is 2.25. The number of hydrogen-bond acceptors (Lipinski definition) is 2. The second kappa shape index (κ2) is 7.88. The summed E-state index contributed by atoms with van der Waals surface area (Å²) in [6, 6.07) is 0. The minimum atomic E-state index is -0.418. The molecule has 1 N–H and O–H groups in total. The lowest BCUT2D eigenvalue weighted by molar-refractivity contribution is -0.0734. The number of aliphatic hydroxyl groups excluding tert-OH is 1. The molecule has 0 aromatic heterocycles. The first-order valence-corrected chi connectivity index (χ1v) is 6.76. The Morgan fingerprint density at radius 2 is 1.88 bits per heavy atom. The van der Waals surface area contributed by atoms with Gasteiger partial charge in [0.05, 0.1) is 18.3 Å². The Morgan fingerprint density at radius 1 is 1.29 bits per heavy atom. The van der Waals surface area contributed by atoms with Gasteiger partial charge in [0.1, 0.15) is 0 Å². The van der Waals surface area contributed by atoms with Gasteiger partial charge >= 0.3 is 0 Å².